The molecule has 0 aliphatic heterocycles. The molecule has 1 aromatic rings. The number of hydrogen-bond acceptors (Lipinski definition) is 4. The van der Waals surface area contributed by atoms with Gasteiger partial charge in [-0.3, -0.25) is 0 Å². The van der Waals surface area contributed by atoms with Crippen LogP contribution < -0.4 is 5.32 Å². The van der Waals surface area contributed by atoms with Gasteiger partial charge in [0, 0.05) is 6.04 Å². The van der Waals surface area contributed by atoms with Crippen LogP contribution in [0.2, 0.25) is 5.15 Å². The van der Waals surface area contributed by atoms with Gasteiger partial charge in [-0.05, 0) is 43.9 Å². The summed E-state index contributed by atoms with van der Waals surface area (Å²) in [5, 5.41) is 3.94. The van der Waals surface area contributed by atoms with Crippen LogP contribution in [-0.2, 0) is 0 Å². The summed E-state index contributed by atoms with van der Waals surface area (Å²) < 4.78 is 8.15. The van der Waals surface area contributed by atoms with E-state index in [0.29, 0.717) is 11.2 Å². The Morgan fingerprint density at radius 2 is 2.25 bits per heavy atom. The van der Waals surface area contributed by atoms with Gasteiger partial charge in [0.1, 0.15) is 0 Å². The van der Waals surface area contributed by atoms with E-state index < -0.39 is 0 Å². The van der Waals surface area contributed by atoms with Crippen molar-refractivity contribution in [1.29, 1.82) is 0 Å². The van der Waals surface area contributed by atoms with Crippen molar-refractivity contribution in [2.24, 2.45) is 17.8 Å². The third-order valence-electron chi connectivity index (χ3n) is 4.25. The first kappa shape index (κ1) is 10.8. The lowest BCUT2D eigenvalue weighted by atomic mass is 9.84. The average Bonchev–Trinajstić information content (AvgIpc) is 2.95. The molecule has 2 fully saturated rings. The molecule has 0 aromatic carbocycles. The molecule has 3 nitrogen and oxygen atoms in total. The van der Waals surface area contributed by atoms with Gasteiger partial charge in [0.2, 0.25) is 0 Å². The van der Waals surface area contributed by atoms with Crippen LogP contribution in [0, 0.1) is 17.8 Å². The first-order chi connectivity index (χ1) is 7.74. The van der Waals surface area contributed by atoms with Crippen molar-refractivity contribution in [1.82, 2.24) is 8.75 Å². The summed E-state index contributed by atoms with van der Waals surface area (Å²) in [6.45, 7) is 2.25. The zero-order valence-corrected chi connectivity index (χ0v) is 10.9. The zero-order valence-electron chi connectivity index (χ0n) is 9.32. The Hall–Kier alpha value is -0.350. The summed E-state index contributed by atoms with van der Waals surface area (Å²) in [6.07, 6.45) is 5.70. The maximum Gasteiger partial charge on any atom is 0.186 e. The molecule has 1 aromatic heterocycles. The molecule has 5 heteroatoms. The molecule has 4 unspecified atom stereocenters. The highest BCUT2D eigenvalue weighted by atomic mass is 35.5. The van der Waals surface area contributed by atoms with E-state index in [-0.39, 0.29) is 0 Å². The average molecular weight is 258 g/mol. The standard InChI is InChI=1S/C11H16ClN3S/c1-6(13-11-10(12)14-16-15-11)9-5-7-2-3-8(9)4-7/h6-9H,2-5H2,1H3,(H,13,15). The van der Waals surface area contributed by atoms with Gasteiger partial charge < -0.3 is 5.32 Å². The molecule has 0 radical (unpaired) electrons. The van der Waals surface area contributed by atoms with E-state index in [2.05, 4.69) is 21.0 Å². The van der Waals surface area contributed by atoms with Crippen molar-refractivity contribution in [3.05, 3.63) is 5.15 Å². The molecular weight excluding hydrogens is 242 g/mol. The topological polar surface area (TPSA) is 37.8 Å². The van der Waals surface area contributed by atoms with Crippen LogP contribution in [-0.4, -0.2) is 14.8 Å². The lowest BCUT2D eigenvalue weighted by molar-refractivity contribution is 0.304. The number of aromatic nitrogens is 2. The number of rotatable bonds is 3. The molecule has 0 saturated heterocycles. The van der Waals surface area contributed by atoms with Gasteiger partial charge in [-0.25, -0.2) is 0 Å². The molecule has 2 saturated carbocycles. The molecule has 0 amide bonds. The summed E-state index contributed by atoms with van der Waals surface area (Å²) in [6, 6.07) is 0.469. The molecule has 1 heterocycles. The molecule has 2 bridgehead atoms. The molecule has 16 heavy (non-hydrogen) atoms. The SMILES string of the molecule is CC(Nc1nsnc1Cl)C1CC2CCC1C2. The first-order valence-electron chi connectivity index (χ1n) is 5.98. The lowest BCUT2D eigenvalue weighted by Gasteiger charge is -2.28. The van der Waals surface area contributed by atoms with Gasteiger partial charge in [-0.15, -0.1) is 0 Å². The van der Waals surface area contributed by atoms with Crippen LogP contribution in [0.15, 0.2) is 0 Å². The van der Waals surface area contributed by atoms with Crippen molar-refractivity contribution in [3.8, 4) is 0 Å². The van der Waals surface area contributed by atoms with Gasteiger partial charge in [-0.2, -0.15) is 8.75 Å². The maximum atomic E-state index is 5.94. The zero-order chi connectivity index (χ0) is 11.1. The molecule has 3 rings (SSSR count). The largest absolute Gasteiger partial charge is 0.364 e. The number of nitrogens with zero attached hydrogens (tertiary/aromatic N) is 2. The number of anilines is 1. The van der Waals surface area contributed by atoms with Crippen LogP contribution >= 0.6 is 23.3 Å². The predicted molar refractivity (Wildman–Crippen MR) is 66.9 cm³/mol. The smallest absolute Gasteiger partial charge is 0.186 e. The quantitative estimate of drug-likeness (QED) is 0.902. The predicted octanol–water partition coefficient (Wildman–Crippen LogP) is 3.43. The van der Waals surface area contributed by atoms with E-state index in [1.165, 1.54) is 37.4 Å². The summed E-state index contributed by atoms with van der Waals surface area (Å²) in [5.41, 5.74) is 0. The Morgan fingerprint density at radius 3 is 2.81 bits per heavy atom. The van der Waals surface area contributed by atoms with E-state index in [1.54, 1.807) is 0 Å². The van der Waals surface area contributed by atoms with E-state index in [1.807, 2.05) is 0 Å². The monoisotopic (exact) mass is 257 g/mol. The molecule has 2 aliphatic rings. The molecule has 1 N–H and O–H groups in total. The van der Waals surface area contributed by atoms with Crippen LogP contribution in [0.25, 0.3) is 0 Å². The Kier molecular flexibility index (Phi) is 2.80. The Labute approximate surface area is 105 Å². The summed E-state index contributed by atoms with van der Waals surface area (Å²) >= 11 is 7.12. The maximum absolute atomic E-state index is 5.94. The summed E-state index contributed by atoms with van der Waals surface area (Å²) in [5.74, 6) is 3.49. The summed E-state index contributed by atoms with van der Waals surface area (Å²) in [4.78, 5) is 0. The van der Waals surface area contributed by atoms with Crippen molar-refractivity contribution in [2.75, 3.05) is 5.32 Å². The lowest BCUT2D eigenvalue weighted by Crippen LogP contribution is -2.30. The second-order valence-electron chi connectivity index (χ2n) is 5.18. The van der Waals surface area contributed by atoms with Crippen molar-refractivity contribution in [3.63, 3.8) is 0 Å². The van der Waals surface area contributed by atoms with Crippen LogP contribution in [0.1, 0.15) is 32.6 Å². The normalized spacial score (nSPS) is 34.2. The van der Waals surface area contributed by atoms with Crippen LogP contribution in [0.5, 0.6) is 0 Å². The minimum absolute atomic E-state index is 0.469. The minimum Gasteiger partial charge on any atom is -0.364 e. The fourth-order valence-corrected chi connectivity index (χ4v) is 4.15. The number of nitrogens with one attached hydrogen (secondary N) is 1. The van der Waals surface area contributed by atoms with Gasteiger partial charge in [-0.1, -0.05) is 18.0 Å². The Morgan fingerprint density at radius 1 is 1.38 bits per heavy atom. The van der Waals surface area contributed by atoms with Crippen molar-refractivity contribution in [2.45, 2.75) is 38.6 Å². The molecule has 4 atom stereocenters. The highest BCUT2D eigenvalue weighted by Gasteiger charge is 2.41. The fraction of sp³-hybridized carbons (Fsp3) is 0.818. The van der Waals surface area contributed by atoms with Gasteiger partial charge >= 0.3 is 0 Å². The minimum atomic E-state index is 0.469. The van der Waals surface area contributed by atoms with Gasteiger partial charge in [0.15, 0.2) is 11.0 Å². The Bertz CT molecular complexity index is 381. The summed E-state index contributed by atoms with van der Waals surface area (Å²) in [7, 11) is 0. The highest BCUT2D eigenvalue weighted by molar-refractivity contribution is 6.99. The number of halogens is 1. The third kappa shape index (κ3) is 1.82. The molecule has 0 spiro atoms. The first-order valence-corrected chi connectivity index (χ1v) is 7.09. The fourth-order valence-electron chi connectivity index (χ4n) is 3.49. The van der Waals surface area contributed by atoms with E-state index in [0.717, 1.165) is 23.6 Å². The van der Waals surface area contributed by atoms with Crippen LogP contribution in [0.3, 0.4) is 0 Å². The molecule has 2 aliphatic carbocycles. The van der Waals surface area contributed by atoms with Crippen LogP contribution in [0.4, 0.5) is 5.82 Å². The van der Waals surface area contributed by atoms with Crippen molar-refractivity contribution < 1.29 is 0 Å². The second kappa shape index (κ2) is 4.15. The number of hydrogen-bond donors (Lipinski definition) is 1. The highest BCUT2D eigenvalue weighted by Crippen LogP contribution is 2.49. The molecule has 88 valence electrons. The number of fused-ring (bicyclic) bond motifs is 2. The second-order valence-corrected chi connectivity index (χ2v) is 6.06. The van der Waals surface area contributed by atoms with E-state index in [4.69, 9.17) is 11.6 Å². The van der Waals surface area contributed by atoms with Gasteiger partial charge in [0.25, 0.3) is 0 Å². The third-order valence-corrected chi connectivity index (χ3v) is 5.14. The van der Waals surface area contributed by atoms with Crippen molar-refractivity contribution >= 4 is 29.1 Å². The molecular formula is C11H16ClN3S. The Balaban J connectivity index is 1.66. The van der Waals surface area contributed by atoms with Gasteiger partial charge in [0.05, 0.1) is 11.7 Å². The van der Waals surface area contributed by atoms with E-state index in [9.17, 15) is 0 Å². The van der Waals surface area contributed by atoms with E-state index >= 15 is 0 Å².